The zero-order chi connectivity index (χ0) is 31.1. The van der Waals surface area contributed by atoms with Crippen molar-refractivity contribution >= 4 is 46.3 Å². The third-order valence-electron chi connectivity index (χ3n) is 6.54. The molecule has 0 saturated carbocycles. The molecule has 1 heterocycles. The molecule has 0 saturated heterocycles. The van der Waals surface area contributed by atoms with Gasteiger partial charge in [-0.1, -0.05) is 36.4 Å². The van der Waals surface area contributed by atoms with Gasteiger partial charge in [0.2, 0.25) is 0 Å². The molecule has 0 atom stereocenters. The number of nitrogens with one attached hydrogen (secondary N) is 2. The monoisotopic (exact) mass is 608 g/mol. The van der Waals surface area contributed by atoms with E-state index in [0.29, 0.717) is 50.6 Å². The minimum atomic E-state index is -0.556. The number of carbonyl (C=O) groups excluding carboxylic acids is 2. The summed E-state index contributed by atoms with van der Waals surface area (Å²) in [4.78, 5) is 39.9. The highest BCUT2D eigenvalue weighted by molar-refractivity contribution is 7.98. The van der Waals surface area contributed by atoms with Crippen molar-refractivity contribution in [2.75, 3.05) is 19.5 Å². The van der Waals surface area contributed by atoms with Gasteiger partial charge in [-0.2, -0.15) is 0 Å². The SMILES string of the molecule is COc1cccc(/C=C(/NC(=O)c2ccccc2)C(=O)Nc2cccc(SCc3cc4ccc(O)cc4oc3=O)c2)c1OC. The highest BCUT2D eigenvalue weighted by Gasteiger charge is 2.18. The number of benzene rings is 4. The van der Waals surface area contributed by atoms with Gasteiger partial charge >= 0.3 is 5.63 Å². The van der Waals surface area contributed by atoms with Gasteiger partial charge in [-0.3, -0.25) is 9.59 Å². The van der Waals surface area contributed by atoms with Crippen LogP contribution in [-0.4, -0.2) is 31.1 Å². The van der Waals surface area contributed by atoms with Crippen molar-refractivity contribution < 1.29 is 28.6 Å². The Morgan fingerprint density at radius 3 is 2.48 bits per heavy atom. The molecular formula is C34H28N2O7S. The number of hydrogen-bond donors (Lipinski definition) is 3. The molecule has 4 aromatic carbocycles. The number of amides is 2. The van der Waals surface area contributed by atoms with Gasteiger partial charge in [-0.25, -0.2) is 4.79 Å². The molecule has 0 aliphatic carbocycles. The fraction of sp³-hybridized carbons (Fsp3) is 0.0882. The number of thioether (sulfide) groups is 1. The second-order valence-corrected chi connectivity index (χ2v) is 10.6. The van der Waals surface area contributed by atoms with E-state index in [1.54, 1.807) is 78.9 Å². The zero-order valence-electron chi connectivity index (χ0n) is 23.8. The largest absolute Gasteiger partial charge is 0.508 e. The van der Waals surface area contributed by atoms with E-state index in [4.69, 9.17) is 13.9 Å². The molecule has 0 radical (unpaired) electrons. The van der Waals surface area contributed by atoms with Crippen molar-refractivity contribution in [3.63, 3.8) is 0 Å². The van der Waals surface area contributed by atoms with E-state index < -0.39 is 17.4 Å². The minimum absolute atomic E-state index is 0.0109. The van der Waals surface area contributed by atoms with Gasteiger partial charge < -0.3 is 29.6 Å². The van der Waals surface area contributed by atoms with Crippen LogP contribution in [-0.2, 0) is 10.5 Å². The molecule has 3 N–H and O–H groups in total. The quantitative estimate of drug-likeness (QED) is 0.0970. The molecule has 0 spiro atoms. The van der Waals surface area contributed by atoms with Crippen molar-refractivity contribution in [2.45, 2.75) is 10.6 Å². The second kappa shape index (κ2) is 13.7. The summed E-state index contributed by atoms with van der Waals surface area (Å²) in [6.45, 7) is 0. The van der Waals surface area contributed by atoms with E-state index in [9.17, 15) is 19.5 Å². The first kappa shape index (κ1) is 30.0. The number of methoxy groups -OCH3 is 2. The van der Waals surface area contributed by atoms with Gasteiger partial charge in [-0.05, 0) is 60.7 Å². The predicted molar refractivity (Wildman–Crippen MR) is 170 cm³/mol. The van der Waals surface area contributed by atoms with Crippen LogP contribution in [0.2, 0.25) is 0 Å². The first-order valence-electron chi connectivity index (χ1n) is 13.4. The summed E-state index contributed by atoms with van der Waals surface area (Å²) in [5, 5.41) is 15.9. The maximum absolute atomic E-state index is 13.6. The van der Waals surface area contributed by atoms with Crippen LogP contribution in [0.5, 0.6) is 17.2 Å². The molecule has 44 heavy (non-hydrogen) atoms. The smallest absolute Gasteiger partial charge is 0.340 e. The van der Waals surface area contributed by atoms with Gasteiger partial charge in [-0.15, -0.1) is 11.8 Å². The van der Waals surface area contributed by atoms with Crippen LogP contribution < -0.4 is 25.7 Å². The number of ether oxygens (including phenoxy) is 2. The number of hydrogen-bond acceptors (Lipinski definition) is 8. The number of para-hydroxylation sites is 1. The number of phenols is 1. The van der Waals surface area contributed by atoms with E-state index in [0.717, 1.165) is 4.90 Å². The molecule has 0 aliphatic rings. The van der Waals surface area contributed by atoms with Crippen molar-refractivity contribution in [3.05, 3.63) is 130 Å². The van der Waals surface area contributed by atoms with Crippen LogP contribution in [0, 0.1) is 0 Å². The first-order chi connectivity index (χ1) is 21.3. The summed E-state index contributed by atoms with van der Waals surface area (Å²) in [7, 11) is 3.01. The molecule has 0 unspecified atom stereocenters. The Labute approximate surface area is 257 Å². The lowest BCUT2D eigenvalue weighted by atomic mass is 10.1. The third kappa shape index (κ3) is 7.11. The zero-order valence-corrected chi connectivity index (χ0v) is 24.6. The molecule has 9 nitrogen and oxygen atoms in total. The van der Waals surface area contributed by atoms with E-state index >= 15 is 0 Å². The van der Waals surface area contributed by atoms with Gasteiger partial charge in [0.25, 0.3) is 11.8 Å². The van der Waals surface area contributed by atoms with Gasteiger partial charge in [0.1, 0.15) is 17.0 Å². The first-order valence-corrected chi connectivity index (χ1v) is 14.4. The second-order valence-electron chi connectivity index (χ2n) is 9.51. The number of aromatic hydroxyl groups is 1. The molecule has 0 bridgehead atoms. The van der Waals surface area contributed by atoms with Crippen LogP contribution in [0.4, 0.5) is 5.69 Å². The topological polar surface area (TPSA) is 127 Å². The van der Waals surface area contributed by atoms with Crippen LogP contribution in [0.3, 0.4) is 0 Å². The van der Waals surface area contributed by atoms with E-state index in [1.165, 1.54) is 44.2 Å². The van der Waals surface area contributed by atoms with E-state index in [2.05, 4.69) is 10.6 Å². The molecule has 10 heteroatoms. The molecule has 0 fully saturated rings. The Hall–Kier alpha value is -5.48. The number of fused-ring (bicyclic) bond motifs is 1. The lowest BCUT2D eigenvalue weighted by molar-refractivity contribution is -0.113. The van der Waals surface area contributed by atoms with Crippen LogP contribution in [0.25, 0.3) is 17.0 Å². The maximum atomic E-state index is 13.6. The molecule has 5 aromatic rings. The Balaban J connectivity index is 1.37. The fourth-order valence-electron chi connectivity index (χ4n) is 4.39. The standard InChI is InChI=1S/C34H28N2O7S/c1-41-29-13-6-10-23(31(29)42-2)17-28(36-32(38)21-8-4-3-5-9-21)33(39)35-25-11-7-12-27(18-25)44-20-24-16-22-14-15-26(37)19-30(22)43-34(24)40/h3-19,37H,20H2,1-2H3,(H,35,39)(H,36,38)/b28-17+. The predicted octanol–water partition coefficient (Wildman–Crippen LogP) is 6.22. The Morgan fingerprint density at radius 1 is 0.909 bits per heavy atom. The Kier molecular flexibility index (Phi) is 9.31. The van der Waals surface area contributed by atoms with Gasteiger partial charge in [0.05, 0.1) is 14.2 Å². The highest BCUT2D eigenvalue weighted by atomic mass is 32.2. The number of anilines is 1. The van der Waals surface area contributed by atoms with Crippen molar-refractivity contribution in [2.24, 2.45) is 0 Å². The van der Waals surface area contributed by atoms with Crippen molar-refractivity contribution in [1.29, 1.82) is 0 Å². The van der Waals surface area contributed by atoms with Gasteiger partial charge in [0, 0.05) is 44.5 Å². The summed E-state index contributed by atoms with van der Waals surface area (Å²) >= 11 is 1.39. The average molecular weight is 609 g/mol. The summed E-state index contributed by atoms with van der Waals surface area (Å²) in [5.74, 6) is 0.204. The molecule has 5 rings (SSSR count). The molecular weight excluding hydrogens is 580 g/mol. The summed E-state index contributed by atoms with van der Waals surface area (Å²) < 4.78 is 16.3. The van der Waals surface area contributed by atoms with Crippen molar-refractivity contribution in [1.82, 2.24) is 5.32 Å². The van der Waals surface area contributed by atoms with E-state index in [-0.39, 0.29) is 11.4 Å². The number of phenolic OH excluding ortho intramolecular Hbond substituents is 1. The van der Waals surface area contributed by atoms with Crippen LogP contribution in [0.15, 0.2) is 117 Å². The Morgan fingerprint density at radius 2 is 1.70 bits per heavy atom. The molecule has 2 amide bonds. The molecule has 0 aliphatic heterocycles. The minimum Gasteiger partial charge on any atom is -0.508 e. The third-order valence-corrected chi connectivity index (χ3v) is 7.58. The average Bonchev–Trinajstić information content (AvgIpc) is 3.03. The maximum Gasteiger partial charge on any atom is 0.340 e. The molecule has 1 aromatic heterocycles. The summed E-state index contributed by atoms with van der Waals surface area (Å²) in [5.41, 5.74) is 1.67. The lowest BCUT2D eigenvalue weighted by Gasteiger charge is -2.14. The number of carbonyl (C=O) groups is 2. The number of rotatable bonds is 10. The van der Waals surface area contributed by atoms with Crippen LogP contribution in [0.1, 0.15) is 21.5 Å². The van der Waals surface area contributed by atoms with E-state index in [1.807, 2.05) is 6.07 Å². The Bertz CT molecular complexity index is 1920. The van der Waals surface area contributed by atoms with Crippen molar-refractivity contribution in [3.8, 4) is 17.2 Å². The summed E-state index contributed by atoms with van der Waals surface area (Å²) in [6.07, 6.45) is 1.52. The lowest BCUT2D eigenvalue weighted by Crippen LogP contribution is -2.30. The molecule has 222 valence electrons. The normalized spacial score (nSPS) is 11.2. The van der Waals surface area contributed by atoms with Gasteiger partial charge in [0.15, 0.2) is 11.5 Å². The summed E-state index contributed by atoms with van der Waals surface area (Å²) in [6, 6.07) is 27.3. The highest BCUT2D eigenvalue weighted by Crippen LogP contribution is 2.32. The van der Waals surface area contributed by atoms with Crippen LogP contribution >= 0.6 is 11.8 Å². The fourth-order valence-corrected chi connectivity index (χ4v) is 5.30.